The summed E-state index contributed by atoms with van der Waals surface area (Å²) in [5.74, 6) is 0. The van der Waals surface area contributed by atoms with E-state index in [2.05, 4.69) is 0 Å². The van der Waals surface area contributed by atoms with E-state index in [9.17, 15) is 0 Å². The number of halogens is 2. The van der Waals surface area contributed by atoms with Gasteiger partial charge in [0.05, 0.1) is 0 Å². The van der Waals surface area contributed by atoms with Crippen LogP contribution in [0.3, 0.4) is 0 Å². The number of aromatic nitrogens is 1. The zero-order valence-corrected chi connectivity index (χ0v) is 9.15. The lowest BCUT2D eigenvalue weighted by atomic mass is 10.5. The topological polar surface area (TPSA) is 73.1 Å². The molecule has 1 aromatic heterocycles. The number of nitrogens with zero attached hydrogens (tertiary/aromatic N) is 1. The fourth-order valence-corrected chi connectivity index (χ4v) is 0.632. The first-order valence-corrected chi connectivity index (χ1v) is 5.89. The summed E-state index contributed by atoms with van der Waals surface area (Å²) >= 11 is 1.66. The maximum atomic E-state index is 8.57. The Kier molecular flexibility index (Phi) is 6.58. The highest BCUT2D eigenvalue weighted by atomic mass is 127. The quantitative estimate of drug-likeness (QED) is 0.273. The Bertz CT molecular complexity index is 210. The molecular weight excluding hydrogens is 296 g/mol. The van der Waals surface area contributed by atoms with Crippen LogP contribution in [0.15, 0.2) is 24.4 Å². The van der Waals surface area contributed by atoms with Crippen molar-refractivity contribution in [3.05, 3.63) is 29.5 Å². The third-order valence-electron chi connectivity index (χ3n) is 0.991. The number of hydrogen-bond acceptors (Lipinski definition) is 3. The molecule has 0 aliphatic carbocycles. The van der Waals surface area contributed by atoms with Gasteiger partial charge in [-0.1, -0.05) is 0 Å². The van der Waals surface area contributed by atoms with Gasteiger partial charge in [-0.3, -0.25) is 0 Å². The molecule has 0 atom stereocenters. The smallest absolute Gasteiger partial charge is 0.282 e. The van der Waals surface area contributed by atoms with Crippen LogP contribution in [0.25, 0.3) is 0 Å². The summed E-state index contributed by atoms with van der Waals surface area (Å²) < 4.78 is 27.6. The van der Waals surface area contributed by atoms with E-state index in [1.54, 1.807) is 0 Å². The minimum absolute atomic E-state index is 0.757. The van der Waals surface area contributed by atoms with E-state index in [1.807, 2.05) is 36.0 Å². The molecule has 0 aliphatic rings. The number of rotatable bonds is 0. The van der Waals surface area contributed by atoms with Gasteiger partial charge in [-0.25, -0.2) is 0 Å². The first kappa shape index (κ1) is 12.0. The van der Waals surface area contributed by atoms with Crippen molar-refractivity contribution in [2.75, 3.05) is 0 Å². The molecule has 12 heavy (non-hydrogen) atoms. The summed E-state index contributed by atoms with van der Waals surface area (Å²) in [5, 5.41) is 0.757. The van der Waals surface area contributed by atoms with Crippen molar-refractivity contribution in [1.82, 2.24) is 0 Å². The minimum Gasteiger partial charge on any atom is -0.427 e. The van der Waals surface area contributed by atoms with E-state index >= 15 is 0 Å². The molecule has 0 unspecified atom stereocenters. The summed E-state index contributed by atoms with van der Waals surface area (Å²) in [6.07, 6.45) is 1.91. The summed E-state index contributed by atoms with van der Waals surface area (Å²) in [6, 6.07) is 5.69. The highest BCUT2D eigenvalue weighted by molar-refractivity contribution is 6.28. The van der Waals surface area contributed by atoms with Gasteiger partial charge in [0.2, 0.25) is 0 Å². The van der Waals surface area contributed by atoms with Gasteiger partial charge in [0.15, 0.2) is 6.20 Å². The maximum Gasteiger partial charge on any atom is 0.282 e. The molecule has 68 valence electrons. The van der Waals surface area contributed by atoms with Crippen LogP contribution < -0.4 is 35.9 Å². The van der Waals surface area contributed by atoms with Gasteiger partial charge in [0, 0.05) is 12.1 Å². The first-order valence-electron chi connectivity index (χ1n) is 2.87. The second kappa shape index (κ2) is 6.55. The van der Waals surface area contributed by atoms with E-state index in [1.165, 1.54) is 0 Å². The number of aryl methyl sites for hydroxylation is 1. The van der Waals surface area contributed by atoms with Crippen LogP contribution in [-0.2, 0) is 7.05 Å². The zero-order valence-electron chi connectivity index (χ0n) is 6.24. The standard InChI is InChI=1S/C6H7ClN.IO3/c1-8-5-3-2-4-6(8)7;2-1(3)4/h2-5H,1H3;/q+1;-1. The molecular formula is C6H7ClINO3. The molecule has 0 amide bonds. The summed E-state index contributed by atoms with van der Waals surface area (Å²) in [4.78, 5) is 0. The van der Waals surface area contributed by atoms with Crippen molar-refractivity contribution in [3.63, 3.8) is 0 Å². The third kappa shape index (κ3) is 6.74. The van der Waals surface area contributed by atoms with Gasteiger partial charge >= 0.3 is 0 Å². The van der Waals surface area contributed by atoms with Crippen molar-refractivity contribution in [2.45, 2.75) is 0 Å². The summed E-state index contributed by atoms with van der Waals surface area (Å²) in [7, 11) is 1.91. The minimum atomic E-state index is -4.01. The van der Waals surface area contributed by atoms with E-state index in [0.29, 0.717) is 0 Å². The molecule has 0 saturated heterocycles. The van der Waals surface area contributed by atoms with Gasteiger partial charge in [-0.15, -0.1) is 0 Å². The molecule has 0 bridgehead atoms. The van der Waals surface area contributed by atoms with E-state index in [0.717, 1.165) is 5.15 Å². The molecule has 0 fully saturated rings. The Hall–Kier alpha value is 0.0500. The Balaban J connectivity index is 0.000000261. The Morgan fingerprint density at radius 2 is 1.83 bits per heavy atom. The predicted octanol–water partition coefficient (Wildman–Crippen LogP) is -5.40. The lowest BCUT2D eigenvalue weighted by Gasteiger charge is -1.84. The first-order chi connectivity index (χ1) is 5.54. The molecule has 6 heteroatoms. The number of pyridine rings is 1. The van der Waals surface area contributed by atoms with Crippen LogP contribution in [0.5, 0.6) is 0 Å². The molecule has 1 aromatic rings. The Labute approximate surface area is 84.1 Å². The van der Waals surface area contributed by atoms with Gasteiger partial charge in [0.25, 0.3) is 26.2 Å². The van der Waals surface area contributed by atoms with Crippen LogP contribution in [-0.4, -0.2) is 0 Å². The lowest BCUT2D eigenvalue weighted by molar-refractivity contribution is -1.73. The molecule has 0 spiro atoms. The average molecular weight is 303 g/mol. The monoisotopic (exact) mass is 303 g/mol. The average Bonchev–Trinajstić information content (AvgIpc) is 1.94. The molecule has 0 aliphatic heterocycles. The molecule has 0 radical (unpaired) electrons. The highest BCUT2D eigenvalue weighted by Gasteiger charge is 1.94. The highest BCUT2D eigenvalue weighted by Crippen LogP contribution is 1.95. The number of hydrogen-bond donors (Lipinski definition) is 0. The van der Waals surface area contributed by atoms with Crippen LogP contribution >= 0.6 is 11.6 Å². The van der Waals surface area contributed by atoms with Crippen molar-refractivity contribution in [3.8, 4) is 0 Å². The summed E-state index contributed by atoms with van der Waals surface area (Å²) in [5.41, 5.74) is 0. The van der Waals surface area contributed by atoms with E-state index in [4.69, 9.17) is 21.9 Å². The third-order valence-corrected chi connectivity index (χ3v) is 1.38. The molecule has 0 saturated carbocycles. The van der Waals surface area contributed by atoms with Crippen molar-refractivity contribution in [1.29, 1.82) is 0 Å². The van der Waals surface area contributed by atoms with Crippen LogP contribution in [0.2, 0.25) is 5.15 Å². The van der Waals surface area contributed by atoms with Crippen molar-refractivity contribution >= 4 is 11.6 Å². The predicted molar refractivity (Wildman–Crippen MR) is 32.6 cm³/mol. The molecule has 1 rings (SSSR count). The van der Waals surface area contributed by atoms with Gasteiger partial charge in [-0.2, -0.15) is 4.57 Å². The van der Waals surface area contributed by atoms with Crippen molar-refractivity contribution < 1.29 is 35.9 Å². The molecule has 0 N–H and O–H groups in total. The van der Waals surface area contributed by atoms with Crippen LogP contribution in [0, 0.1) is 0 Å². The summed E-state index contributed by atoms with van der Waals surface area (Å²) in [6.45, 7) is 0. The fourth-order valence-electron chi connectivity index (χ4n) is 0.503. The largest absolute Gasteiger partial charge is 0.427 e. The van der Waals surface area contributed by atoms with E-state index in [-0.39, 0.29) is 0 Å². The zero-order chi connectivity index (χ0) is 9.56. The van der Waals surface area contributed by atoms with Gasteiger partial charge in [-0.05, 0) is 17.7 Å². The van der Waals surface area contributed by atoms with Crippen LogP contribution in [0.4, 0.5) is 0 Å². The van der Waals surface area contributed by atoms with E-state index < -0.39 is 21.1 Å². The molecule has 4 nitrogen and oxygen atoms in total. The lowest BCUT2D eigenvalue weighted by Crippen LogP contribution is -4.05. The van der Waals surface area contributed by atoms with Crippen LogP contribution in [0.1, 0.15) is 0 Å². The van der Waals surface area contributed by atoms with Gasteiger partial charge < -0.3 is 10.3 Å². The normalized spacial score (nSPS) is 9.17. The second-order valence-corrected chi connectivity index (χ2v) is 3.29. The van der Waals surface area contributed by atoms with Crippen molar-refractivity contribution in [2.24, 2.45) is 7.05 Å². The molecule has 1 heterocycles. The fraction of sp³-hybridized carbons (Fsp3) is 0.167. The second-order valence-electron chi connectivity index (χ2n) is 1.82. The van der Waals surface area contributed by atoms with Gasteiger partial charge in [0.1, 0.15) is 7.05 Å². The maximum absolute atomic E-state index is 8.57. The Morgan fingerprint density at radius 3 is 2.08 bits per heavy atom. The molecule has 0 aromatic carbocycles. The Morgan fingerprint density at radius 1 is 1.33 bits per heavy atom. The SMILES string of the molecule is C[n+]1ccccc1Cl.[O-][I+2]([O-])[O-].